The summed E-state index contributed by atoms with van der Waals surface area (Å²) in [4.78, 5) is 35.8. The largest absolute Gasteiger partial charge is 0.493 e. The molecule has 0 saturated carbocycles. The molecule has 0 unspecified atom stereocenters. The van der Waals surface area contributed by atoms with Gasteiger partial charge in [0.15, 0.2) is 29.6 Å². The highest BCUT2D eigenvalue weighted by molar-refractivity contribution is 5.97. The third-order valence-corrected chi connectivity index (χ3v) is 4.38. The Balaban J connectivity index is 1.90. The van der Waals surface area contributed by atoms with Gasteiger partial charge in [-0.05, 0) is 55.8 Å². The van der Waals surface area contributed by atoms with Crippen LogP contribution in [0.2, 0.25) is 0 Å². The summed E-state index contributed by atoms with van der Waals surface area (Å²) in [5, 5.41) is 6.39. The van der Waals surface area contributed by atoms with Gasteiger partial charge in [-0.15, -0.1) is 0 Å². The molecule has 0 atom stereocenters. The fourth-order valence-electron chi connectivity index (χ4n) is 2.79. The molecule has 35 heavy (non-hydrogen) atoms. The van der Waals surface area contributed by atoms with E-state index < -0.39 is 17.8 Å². The minimum absolute atomic E-state index is 0.244. The number of hydrazone groups is 1. The van der Waals surface area contributed by atoms with Crippen LogP contribution in [0, 0.1) is 0 Å². The van der Waals surface area contributed by atoms with Crippen molar-refractivity contribution in [1.82, 2.24) is 10.7 Å². The van der Waals surface area contributed by atoms with Crippen LogP contribution >= 0.6 is 0 Å². The summed E-state index contributed by atoms with van der Waals surface area (Å²) in [6.07, 6.45) is 1.41. The Morgan fingerprint density at radius 3 is 2.31 bits per heavy atom. The number of hydrogen-bond acceptors (Lipinski definition) is 9. The Morgan fingerprint density at radius 2 is 1.63 bits per heavy atom. The highest BCUT2D eigenvalue weighted by Crippen LogP contribution is 2.28. The van der Waals surface area contributed by atoms with Crippen LogP contribution in [0.1, 0.15) is 29.8 Å². The normalized spacial score (nSPS) is 10.4. The summed E-state index contributed by atoms with van der Waals surface area (Å²) >= 11 is 0. The Hall–Kier alpha value is -4.28. The highest BCUT2D eigenvalue weighted by Gasteiger charge is 2.12. The number of carbonyl (C=O) groups is 3. The third kappa shape index (κ3) is 8.54. The van der Waals surface area contributed by atoms with Gasteiger partial charge in [0.25, 0.3) is 11.8 Å². The minimum atomic E-state index is -0.519. The van der Waals surface area contributed by atoms with Crippen LogP contribution in [0.15, 0.2) is 41.5 Å². The second-order valence-electron chi connectivity index (χ2n) is 6.78. The zero-order valence-corrected chi connectivity index (χ0v) is 20.1. The van der Waals surface area contributed by atoms with E-state index in [-0.39, 0.29) is 19.8 Å². The zero-order valence-electron chi connectivity index (χ0n) is 20.1. The Kier molecular flexibility index (Phi) is 10.9. The molecule has 2 aromatic carbocycles. The van der Waals surface area contributed by atoms with Crippen molar-refractivity contribution in [3.63, 3.8) is 0 Å². The molecule has 0 saturated heterocycles. The maximum Gasteiger partial charge on any atom is 0.344 e. The van der Waals surface area contributed by atoms with E-state index in [0.717, 1.165) is 0 Å². The maximum atomic E-state index is 12.3. The van der Waals surface area contributed by atoms with Gasteiger partial charge < -0.3 is 29.0 Å². The minimum Gasteiger partial charge on any atom is -0.493 e. The van der Waals surface area contributed by atoms with Gasteiger partial charge in [0.05, 0.1) is 40.2 Å². The second-order valence-corrected chi connectivity index (χ2v) is 6.78. The highest BCUT2D eigenvalue weighted by atomic mass is 16.6. The zero-order chi connectivity index (χ0) is 25.6. The molecule has 11 heteroatoms. The number of nitrogens with zero attached hydrogens (tertiary/aromatic N) is 1. The summed E-state index contributed by atoms with van der Waals surface area (Å²) < 4.78 is 26.1. The Morgan fingerprint density at radius 1 is 0.886 bits per heavy atom. The molecule has 0 spiro atoms. The Bertz CT molecular complexity index is 1060. The topological polar surface area (TPSA) is 134 Å². The fourth-order valence-corrected chi connectivity index (χ4v) is 2.79. The van der Waals surface area contributed by atoms with Gasteiger partial charge in [-0.1, -0.05) is 0 Å². The van der Waals surface area contributed by atoms with E-state index in [1.165, 1.54) is 26.5 Å². The van der Waals surface area contributed by atoms with E-state index in [1.54, 1.807) is 37.3 Å². The van der Waals surface area contributed by atoms with Gasteiger partial charge in [0.1, 0.15) is 0 Å². The number of carbonyl (C=O) groups excluding carboxylic acids is 3. The molecule has 0 aromatic heterocycles. The van der Waals surface area contributed by atoms with E-state index in [2.05, 4.69) is 15.8 Å². The van der Waals surface area contributed by atoms with Crippen molar-refractivity contribution >= 4 is 24.0 Å². The number of nitrogens with one attached hydrogen (secondary N) is 2. The number of hydrogen-bond donors (Lipinski definition) is 2. The van der Waals surface area contributed by atoms with Crippen LogP contribution in [0.5, 0.6) is 23.0 Å². The lowest BCUT2D eigenvalue weighted by molar-refractivity contribution is -0.145. The van der Waals surface area contributed by atoms with Crippen molar-refractivity contribution in [3.8, 4) is 23.0 Å². The van der Waals surface area contributed by atoms with Crippen LogP contribution in [0.3, 0.4) is 0 Å². The number of ether oxygens (including phenoxy) is 5. The van der Waals surface area contributed by atoms with E-state index in [0.29, 0.717) is 40.7 Å². The average molecular weight is 488 g/mol. The molecule has 0 bridgehead atoms. The van der Waals surface area contributed by atoms with Crippen molar-refractivity contribution in [2.24, 2.45) is 5.10 Å². The van der Waals surface area contributed by atoms with Crippen LogP contribution < -0.4 is 29.7 Å². The molecule has 0 aliphatic heterocycles. The molecule has 11 nitrogen and oxygen atoms in total. The van der Waals surface area contributed by atoms with E-state index in [1.807, 2.05) is 6.92 Å². The van der Waals surface area contributed by atoms with E-state index in [9.17, 15) is 14.4 Å². The number of methoxy groups -OCH3 is 2. The fraction of sp³-hybridized carbons (Fsp3) is 0.333. The molecule has 2 rings (SSSR count). The SMILES string of the molecule is CCOC(=O)COc1ccc(/C=N/NC(=O)CNC(=O)c2ccc(OC)c(OC)c2)cc1OCC. The second kappa shape index (κ2) is 14.1. The monoisotopic (exact) mass is 487 g/mol. The molecule has 0 aliphatic carbocycles. The lowest BCUT2D eigenvalue weighted by atomic mass is 10.2. The van der Waals surface area contributed by atoms with Crippen LogP contribution in [-0.2, 0) is 14.3 Å². The van der Waals surface area contributed by atoms with Gasteiger partial charge >= 0.3 is 5.97 Å². The van der Waals surface area contributed by atoms with Crippen LogP contribution in [0.25, 0.3) is 0 Å². The van der Waals surface area contributed by atoms with E-state index >= 15 is 0 Å². The summed E-state index contributed by atoms with van der Waals surface area (Å²) in [6, 6.07) is 9.62. The maximum absolute atomic E-state index is 12.3. The molecule has 188 valence electrons. The Labute approximate surface area is 203 Å². The first kappa shape index (κ1) is 27.0. The lowest BCUT2D eigenvalue weighted by Crippen LogP contribution is -2.34. The van der Waals surface area contributed by atoms with Gasteiger partial charge in [-0.3, -0.25) is 9.59 Å². The van der Waals surface area contributed by atoms with Gasteiger partial charge in [-0.25, -0.2) is 10.2 Å². The average Bonchev–Trinajstić information content (AvgIpc) is 2.86. The molecule has 0 heterocycles. The molecular formula is C24H29N3O8. The lowest BCUT2D eigenvalue weighted by Gasteiger charge is -2.12. The number of esters is 1. The van der Waals surface area contributed by atoms with Gasteiger partial charge in [0, 0.05) is 5.56 Å². The summed E-state index contributed by atoms with van der Waals surface area (Å²) in [7, 11) is 2.96. The summed E-state index contributed by atoms with van der Waals surface area (Å²) in [6.45, 7) is 3.64. The first-order valence-corrected chi connectivity index (χ1v) is 10.8. The molecule has 0 aliphatic rings. The van der Waals surface area contributed by atoms with Gasteiger partial charge in [-0.2, -0.15) is 5.10 Å². The summed E-state index contributed by atoms with van der Waals surface area (Å²) in [5.74, 6) is 0.217. The molecular weight excluding hydrogens is 458 g/mol. The van der Waals surface area contributed by atoms with Crippen molar-refractivity contribution in [2.75, 3.05) is 40.6 Å². The molecule has 2 N–H and O–H groups in total. The summed E-state index contributed by atoms with van der Waals surface area (Å²) in [5.41, 5.74) is 3.27. The van der Waals surface area contributed by atoms with Crippen molar-refractivity contribution in [3.05, 3.63) is 47.5 Å². The molecule has 0 radical (unpaired) electrons. The van der Waals surface area contributed by atoms with Crippen LogP contribution in [0.4, 0.5) is 0 Å². The third-order valence-electron chi connectivity index (χ3n) is 4.38. The number of rotatable bonds is 13. The number of amides is 2. The first-order valence-electron chi connectivity index (χ1n) is 10.8. The van der Waals surface area contributed by atoms with Gasteiger partial charge in [0.2, 0.25) is 0 Å². The van der Waals surface area contributed by atoms with E-state index in [4.69, 9.17) is 23.7 Å². The molecule has 2 amide bonds. The predicted molar refractivity (Wildman–Crippen MR) is 127 cm³/mol. The van der Waals surface area contributed by atoms with Crippen LogP contribution in [-0.4, -0.2) is 64.6 Å². The number of benzene rings is 2. The quantitative estimate of drug-likeness (QED) is 0.249. The van der Waals surface area contributed by atoms with Crippen molar-refractivity contribution in [2.45, 2.75) is 13.8 Å². The predicted octanol–water partition coefficient (Wildman–Crippen LogP) is 1.92. The van der Waals surface area contributed by atoms with Crippen molar-refractivity contribution < 1.29 is 38.1 Å². The van der Waals surface area contributed by atoms with Crippen molar-refractivity contribution in [1.29, 1.82) is 0 Å². The first-order chi connectivity index (χ1) is 16.9. The smallest absolute Gasteiger partial charge is 0.344 e. The standard InChI is InChI=1S/C24H29N3O8/c1-5-33-21-11-16(7-9-19(21)35-15-23(29)34-6-2)13-26-27-22(28)14-25-24(30)17-8-10-18(31-3)20(12-17)32-4/h7-13H,5-6,14-15H2,1-4H3,(H,25,30)(H,27,28)/b26-13+. The molecule has 0 fully saturated rings. The molecule has 2 aromatic rings.